The van der Waals surface area contributed by atoms with Gasteiger partial charge in [0.15, 0.2) is 5.96 Å². The Morgan fingerprint density at radius 3 is 2.88 bits per heavy atom. The molecule has 0 aromatic carbocycles. The third-order valence-corrected chi connectivity index (χ3v) is 3.30. The second-order valence-corrected chi connectivity index (χ2v) is 4.76. The molecule has 0 bridgehead atoms. The molecule has 0 spiro atoms. The van der Waals surface area contributed by atoms with Gasteiger partial charge in [-0.15, -0.1) is 35.3 Å². The highest BCUT2D eigenvalue weighted by Gasteiger charge is 1.99. The van der Waals surface area contributed by atoms with Crippen molar-refractivity contribution < 1.29 is 0 Å². The zero-order valence-corrected chi connectivity index (χ0v) is 13.5. The Bertz CT molecular complexity index is 338. The average molecular weight is 368 g/mol. The molecular weight excluding hydrogens is 347 g/mol. The molecule has 6 heteroatoms. The lowest BCUT2D eigenvalue weighted by Gasteiger charge is -2.02. The van der Waals surface area contributed by atoms with Crippen LogP contribution in [0.4, 0.5) is 0 Å². The topological polar surface area (TPSA) is 63.3 Å². The van der Waals surface area contributed by atoms with Crippen molar-refractivity contribution in [1.29, 1.82) is 0 Å². The summed E-state index contributed by atoms with van der Waals surface area (Å²) in [5.41, 5.74) is 5.72. The van der Waals surface area contributed by atoms with Crippen molar-refractivity contribution in [2.24, 2.45) is 10.7 Å². The Kier molecular flexibility index (Phi) is 9.43. The number of aryl methyl sites for hydroxylation is 1. The van der Waals surface area contributed by atoms with Crippen LogP contribution in [0.2, 0.25) is 0 Å². The van der Waals surface area contributed by atoms with Crippen molar-refractivity contribution in [1.82, 2.24) is 10.3 Å². The van der Waals surface area contributed by atoms with Crippen molar-refractivity contribution in [3.8, 4) is 0 Å². The molecule has 0 saturated heterocycles. The maximum absolute atomic E-state index is 5.72. The van der Waals surface area contributed by atoms with Gasteiger partial charge < -0.3 is 11.1 Å². The number of unbranched alkanes of at least 4 members (excludes halogenated alkanes) is 1. The molecule has 0 aliphatic heterocycles. The van der Waals surface area contributed by atoms with Gasteiger partial charge in [-0.05, 0) is 12.8 Å². The standard InChI is InChI=1S/C11H20N4S.HI/c1-3-5-6-13-11(12)15-8-10-14-7-9(4-2)16-10;/h7H,3-6,8H2,1-2H3,(H3,12,13,15);1H. The highest BCUT2D eigenvalue weighted by Crippen LogP contribution is 2.13. The van der Waals surface area contributed by atoms with Crippen LogP contribution in [0.3, 0.4) is 0 Å². The molecule has 1 rings (SSSR count). The third-order valence-electron chi connectivity index (χ3n) is 2.17. The Morgan fingerprint density at radius 1 is 1.53 bits per heavy atom. The van der Waals surface area contributed by atoms with Gasteiger partial charge in [-0.3, -0.25) is 0 Å². The minimum Gasteiger partial charge on any atom is -0.370 e. The highest BCUT2D eigenvalue weighted by molar-refractivity contribution is 14.0. The third kappa shape index (κ3) is 6.82. The number of aliphatic imine (C=N–C) groups is 1. The molecule has 17 heavy (non-hydrogen) atoms. The van der Waals surface area contributed by atoms with Crippen molar-refractivity contribution in [2.75, 3.05) is 6.54 Å². The van der Waals surface area contributed by atoms with Gasteiger partial charge in [-0.25, -0.2) is 9.98 Å². The Balaban J connectivity index is 0.00000256. The van der Waals surface area contributed by atoms with Gasteiger partial charge in [0.25, 0.3) is 0 Å². The van der Waals surface area contributed by atoms with Crippen molar-refractivity contribution in [3.05, 3.63) is 16.1 Å². The fourth-order valence-electron chi connectivity index (χ4n) is 1.19. The Hall–Kier alpha value is -0.370. The van der Waals surface area contributed by atoms with Crippen LogP contribution in [-0.2, 0) is 13.0 Å². The number of rotatable bonds is 6. The Morgan fingerprint density at radius 2 is 2.29 bits per heavy atom. The van der Waals surface area contributed by atoms with Gasteiger partial charge in [-0.1, -0.05) is 20.3 Å². The van der Waals surface area contributed by atoms with E-state index < -0.39 is 0 Å². The van der Waals surface area contributed by atoms with Crippen LogP contribution in [0, 0.1) is 0 Å². The molecule has 0 fully saturated rings. The molecule has 1 heterocycles. The molecular formula is C11H21IN4S. The highest BCUT2D eigenvalue weighted by atomic mass is 127. The van der Waals surface area contributed by atoms with Crippen LogP contribution >= 0.6 is 35.3 Å². The first-order chi connectivity index (χ1) is 7.76. The van der Waals surface area contributed by atoms with Crippen LogP contribution < -0.4 is 11.1 Å². The first kappa shape index (κ1) is 16.6. The SMILES string of the molecule is CCCCNC(N)=NCc1ncc(CC)s1.I. The average Bonchev–Trinajstić information content (AvgIpc) is 2.74. The molecule has 0 atom stereocenters. The summed E-state index contributed by atoms with van der Waals surface area (Å²) in [7, 11) is 0. The maximum atomic E-state index is 5.72. The Labute approximate surface area is 124 Å². The largest absolute Gasteiger partial charge is 0.370 e. The van der Waals surface area contributed by atoms with E-state index in [0.717, 1.165) is 30.8 Å². The number of halogens is 1. The quantitative estimate of drug-likeness (QED) is 0.351. The monoisotopic (exact) mass is 368 g/mol. The molecule has 4 nitrogen and oxygen atoms in total. The van der Waals surface area contributed by atoms with E-state index in [0.29, 0.717) is 12.5 Å². The molecule has 0 saturated carbocycles. The second kappa shape index (κ2) is 9.64. The fourth-order valence-corrected chi connectivity index (χ4v) is 1.97. The van der Waals surface area contributed by atoms with E-state index in [4.69, 9.17) is 5.73 Å². The summed E-state index contributed by atoms with van der Waals surface area (Å²) in [6.07, 6.45) is 5.22. The molecule has 0 aliphatic carbocycles. The zero-order chi connectivity index (χ0) is 11.8. The molecule has 1 aromatic heterocycles. The second-order valence-electron chi connectivity index (χ2n) is 3.56. The first-order valence-electron chi connectivity index (χ1n) is 5.73. The normalized spacial score (nSPS) is 11.1. The summed E-state index contributed by atoms with van der Waals surface area (Å²) in [5.74, 6) is 0.515. The van der Waals surface area contributed by atoms with Gasteiger partial charge in [0, 0.05) is 17.6 Å². The van der Waals surface area contributed by atoms with E-state index in [9.17, 15) is 0 Å². The number of nitrogens with one attached hydrogen (secondary N) is 1. The number of aromatic nitrogens is 1. The molecule has 0 unspecified atom stereocenters. The molecule has 0 radical (unpaired) electrons. The van der Waals surface area contributed by atoms with E-state index >= 15 is 0 Å². The summed E-state index contributed by atoms with van der Waals surface area (Å²) >= 11 is 1.70. The maximum Gasteiger partial charge on any atom is 0.189 e. The van der Waals surface area contributed by atoms with Crippen molar-refractivity contribution >= 4 is 41.3 Å². The minimum atomic E-state index is 0. The van der Waals surface area contributed by atoms with Gasteiger partial charge in [0.2, 0.25) is 0 Å². The van der Waals surface area contributed by atoms with Crippen LogP contribution in [0.5, 0.6) is 0 Å². The van der Waals surface area contributed by atoms with Crippen LogP contribution in [-0.4, -0.2) is 17.5 Å². The summed E-state index contributed by atoms with van der Waals surface area (Å²) in [6, 6.07) is 0. The number of thiazole rings is 1. The lowest BCUT2D eigenvalue weighted by molar-refractivity contribution is 0.748. The molecule has 0 amide bonds. The lowest BCUT2D eigenvalue weighted by Crippen LogP contribution is -2.32. The van der Waals surface area contributed by atoms with Gasteiger partial charge in [0.1, 0.15) is 5.01 Å². The number of guanidine groups is 1. The van der Waals surface area contributed by atoms with Crippen molar-refractivity contribution in [2.45, 2.75) is 39.7 Å². The lowest BCUT2D eigenvalue weighted by atomic mass is 10.3. The molecule has 98 valence electrons. The van der Waals surface area contributed by atoms with E-state index in [2.05, 4.69) is 29.1 Å². The van der Waals surface area contributed by atoms with Crippen molar-refractivity contribution in [3.63, 3.8) is 0 Å². The summed E-state index contributed by atoms with van der Waals surface area (Å²) < 4.78 is 0. The predicted molar refractivity (Wildman–Crippen MR) is 85.1 cm³/mol. The fraction of sp³-hybridized carbons (Fsp3) is 0.636. The van der Waals surface area contributed by atoms with Crippen LogP contribution in [0.1, 0.15) is 36.6 Å². The smallest absolute Gasteiger partial charge is 0.189 e. The molecule has 0 aliphatic rings. The summed E-state index contributed by atoms with van der Waals surface area (Å²) in [6.45, 7) is 5.75. The summed E-state index contributed by atoms with van der Waals surface area (Å²) in [4.78, 5) is 9.82. The van der Waals surface area contributed by atoms with E-state index in [1.54, 1.807) is 11.3 Å². The van der Waals surface area contributed by atoms with Gasteiger partial charge >= 0.3 is 0 Å². The number of nitrogens with zero attached hydrogens (tertiary/aromatic N) is 2. The number of nitrogens with two attached hydrogens (primary N) is 1. The minimum absolute atomic E-state index is 0. The van der Waals surface area contributed by atoms with Gasteiger partial charge in [0.05, 0.1) is 6.54 Å². The first-order valence-corrected chi connectivity index (χ1v) is 6.55. The van der Waals surface area contributed by atoms with Crippen LogP contribution in [0.25, 0.3) is 0 Å². The predicted octanol–water partition coefficient (Wildman–Crippen LogP) is 2.53. The number of hydrogen-bond acceptors (Lipinski definition) is 3. The van der Waals surface area contributed by atoms with E-state index in [-0.39, 0.29) is 24.0 Å². The van der Waals surface area contributed by atoms with Gasteiger partial charge in [-0.2, -0.15) is 0 Å². The van der Waals surface area contributed by atoms with E-state index in [1.165, 1.54) is 4.88 Å². The summed E-state index contributed by atoms with van der Waals surface area (Å²) in [5, 5.41) is 4.10. The number of hydrogen-bond donors (Lipinski definition) is 2. The molecule has 1 aromatic rings. The van der Waals surface area contributed by atoms with Crippen LogP contribution in [0.15, 0.2) is 11.2 Å². The zero-order valence-electron chi connectivity index (χ0n) is 10.4. The molecule has 3 N–H and O–H groups in total. The van der Waals surface area contributed by atoms with E-state index in [1.807, 2.05) is 6.20 Å².